The molecule has 2 aromatic rings. The van der Waals surface area contributed by atoms with Crippen molar-refractivity contribution in [1.29, 1.82) is 0 Å². The fourth-order valence-electron chi connectivity index (χ4n) is 3.32. The Morgan fingerprint density at radius 1 is 0.909 bits per heavy atom. The number of anilines is 2. The molecule has 1 heterocycles. The van der Waals surface area contributed by atoms with Gasteiger partial charge in [-0.1, -0.05) is 48.6 Å². The number of allylic oxidation sites excluding steroid dienone is 2. The smallest absolute Gasteiger partial charge is 0.242 e. The molecule has 110 valence electrons. The average Bonchev–Trinajstić information content (AvgIpc) is 2.79. The maximum atomic E-state index is 13.3. The maximum Gasteiger partial charge on any atom is 0.242 e. The molecule has 0 spiro atoms. The molecule has 0 aromatic heterocycles. The summed E-state index contributed by atoms with van der Waals surface area (Å²) in [5.41, 5.74) is 2.33. The van der Waals surface area contributed by atoms with Gasteiger partial charge in [0, 0.05) is 5.69 Å². The molecular weight excluding hydrogens is 270 g/mol. The molecule has 0 bridgehead atoms. The standard InChI is InChI=1S/C20H19NO/c1-3-14-20(15-4-2)17-12-8-9-13-18(17)21(19(20)22)16-10-6-5-7-11-16/h3-13H,1-2,14-15H2. The van der Waals surface area contributed by atoms with E-state index in [2.05, 4.69) is 13.2 Å². The van der Waals surface area contributed by atoms with Crippen LogP contribution in [0, 0.1) is 0 Å². The Balaban J connectivity index is 2.22. The number of hydrogen-bond acceptors (Lipinski definition) is 1. The summed E-state index contributed by atoms with van der Waals surface area (Å²) in [5.74, 6) is 0.0969. The van der Waals surface area contributed by atoms with E-state index in [0.717, 1.165) is 16.9 Å². The minimum Gasteiger partial charge on any atom is -0.280 e. The molecule has 0 atom stereocenters. The molecule has 0 aliphatic carbocycles. The molecule has 22 heavy (non-hydrogen) atoms. The second-order valence-electron chi connectivity index (χ2n) is 5.56. The minimum atomic E-state index is -0.587. The van der Waals surface area contributed by atoms with E-state index in [0.29, 0.717) is 12.8 Å². The number of carbonyl (C=O) groups is 1. The zero-order valence-corrected chi connectivity index (χ0v) is 12.5. The van der Waals surface area contributed by atoms with Crippen LogP contribution < -0.4 is 4.90 Å². The predicted octanol–water partition coefficient (Wildman–Crippen LogP) is 4.75. The summed E-state index contributed by atoms with van der Waals surface area (Å²) in [4.78, 5) is 15.1. The van der Waals surface area contributed by atoms with Gasteiger partial charge < -0.3 is 0 Å². The van der Waals surface area contributed by atoms with Crippen LogP contribution in [0.15, 0.2) is 79.9 Å². The third-order valence-electron chi connectivity index (χ3n) is 4.27. The fourth-order valence-corrected chi connectivity index (χ4v) is 3.32. The summed E-state index contributed by atoms with van der Waals surface area (Å²) in [5, 5.41) is 0. The normalized spacial score (nSPS) is 15.5. The van der Waals surface area contributed by atoms with E-state index in [1.165, 1.54) is 0 Å². The van der Waals surface area contributed by atoms with Crippen LogP contribution in [0.2, 0.25) is 0 Å². The van der Waals surface area contributed by atoms with Crippen molar-refractivity contribution >= 4 is 17.3 Å². The predicted molar refractivity (Wildman–Crippen MR) is 91.3 cm³/mol. The Morgan fingerprint density at radius 3 is 2.14 bits per heavy atom. The lowest BCUT2D eigenvalue weighted by Gasteiger charge is -2.26. The molecule has 3 rings (SSSR count). The summed E-state index contributed by atoms with van der Waals surface area (Å²) in [6.45, 7) is 7.70. The van der Waals surface area contributed by atoms with Crippen molar-refractivity contribution in [2.45, 2.75) is 18.3 Å². The van der Waals surface area contributed by atoms with Crippen LogP contribution in [0.1, 0.15) is 18.4 Å². The number of carbonyl (C=O) groups excluding carboxylic acids is 1. The van der Waals surface area contributed by atoms with Gasteiger partial charge in [-0.05, 0) is 36.6 Å². The van der Waals surface area contributed by atoms with Gasteiger partial charge in [-0.3, -0.25) is 9.69 Å². The Bertz CT molecular complexity index is 707. The van der Waals surface area contributed by atoms with E-state index < -0.39 is 5.41 Å². The topological polar surface area (TPSA) is 20.3 Å². The highest BCUT2D eigenvalue weighted by Crippen LogP contribution is 2.49. The van der Waals surface area contributed by atoms with Gasteiger partial charge in [0.15, 0.2) is 0 Å². The average molecular weight is 289 g/mol. The third kappa shape index (κ3) is 2.00. The van der Waals surface area contributed by atoms with Crippen LogP contribution in [0.3, 0.4) is 0 Å². The number of para-hydroxylation sites is 2. The van der Waals surface area contributed by atoms with Crippen LogP contribution in [0.4, 0.5) is 11.4 Å². The first-order chi connectivity index (χ1) is 10.7. The van der Waals surface area contributed by atoms with Gasteiger partial charge in [-0.15, -0.1) is 13.2 Å². The van der Waals surface area contributed by atoms with Crippen molar-refractivity contribution in [2.24, 2.45) is 0 Å². The van der Waals surface area contributed by atoms with E-state index in [1.807, 2.05) is 71.6 Å². The first kappa shape index (κ1) is 14.3. The quantitative estimate of drug-likeness (QED) is 0.727. The summed E-state index contributed by atoms with van der Waals surface area (Å²) in [7, 11) is 0. The Hall–Kier alpha value is -2.61. The van der Waals surface area contributed by atoms with Crippen molar-refractivity contribution in [3.8, 4) is 0 Å². The molecule has 0 saturated carbocycles. The van der Waals surface area contributed by atoms with Crippen molar-refractivity contribution in [1.82, 2.24) is 0 Å². The highest BCUT2D eigenvalue weighted by molar-refractivity contribution is 6.13. The van der Waals surface area contributed by atoms with Gasteiger partial charge in [0.1, 0.15) is 0 Å². The lowest BCUT2D eigenvalue weighted by atomic mass is 9.76. The van der Waals surface area contributed by atoms with E-state index >= 15 is 0 Å². The van der Waals surface area contributed by atoms with Crippen LogP contribution in [-0.4, -0.2) is 5.91 Å². The summed E-state index contributed by atoms with van der Waals surface area (Å²) in [6, 6.07) is 17.8. The lowest BCUT2D eigenvalue weighted by Crippen LogP contribution is -2.37. The molecule has 0 radical (unpaired) electrons. The molecule has 2 nitrogen and oxygen atoms in total. The number of benzene rings is 2. The summed E-state index contributed by atoms with van der Waals surface area (Å²) in [6.07, 6.45) is 4.87. The van der Waals surface area contributed by atoms with Crippen LogP contribution in [0.5, 0.6) is 0 Å². The second kappa shape index (κ2) is 5.64. The van der Waals surface area contributed by atoms with Crippen LogP contribution in [-0.2, 0) is 10.2 Å². The summed E-state index contributed by atoms with van der Waals surface area (Å²) < 4.78 is 0. The SMILES string of the molecule is C=CCC1(CC=C)C(=O)N(c2ccccc2)c2ccccc21. The van der Waals surface area contributed by atoms with Gasteiger partial charge >= 0.3 is 0 Å². The van der Waals surface area contributed by atoms with E-state index in [1.54, 1.807) is 0 Å². The van der Waals surface area contributed by atoms with Crippen molar-refractivity contribution < 1.29 is 4.79 Å². The molecule has 0 fully saturated rings. The van der Waals surface area contributed by atoms with Crippen molar-refractivity contribution in [2.75, 3.05) is 4.90 Å². The monoisotopic (exact) mass is 289 g/mol. The molecule has 1 amide bonds. The van der Waals surface area contributed by atoms with E-state index in [9.17, 15) is 4.79 Å². The second-order valence-corrected chi connectivity index (χ2v) is 5.56. The molecule has 1 aliphatic rings. The number of nitrogens with zero attached hydrogens (tertiary/aromatic N) is 1. The highest BCUT2D eigenvalue weighted by atomic mass is 16.2. The first-order valence-corrected chi connectivity index (χ1v) is 7.45. The number of hydrogen-bond donors (Lipinski definition) is 0. The highest BCUT2D eigenvalue weighted by Gasteiger charge is 2.49. The van der Waals surface area contributed by atoms with Crippen molar-refractivity contribution in [3.05, 3.63) is 85.5 Å². The van der Waals surface area contributed by atoms with Crippen LogP contribution in [0.25, 0.3) is 0 Å². The minimum absolute atomic E-state index is 0.0969. The largest absolute Gasteiger partial charge is 0.280 e. The molecule has 0 N–H and O–H groups in total. The third-order valence-corrected chi connectivity index (χ3v) is 4.27. The van der Waals surface area contributed by atoms with Gasteiger partial charge in [-0.25, -0.2) is 0 Å². The Kier molecular flexibility index (Phi) is 3.68. The van der Waals surface area contributed by atoms with E-state index in [4.69, 9.17) is 0 Å². The Labute approximate surface area is 131 Å². The van der Waals surface area contributed by atoms with Gasteiger partial charge in [-0.2, -0.15) is 0 Å². The summed E-state index contributed by atoms with van der Waals surface area (Å²) >= 11 is 0. The molecular formula is C20H19NO. The number of rotatable bonds is 5. The molecule has 0 unspecified atom stereocenters. The molecule has 2 heteroatoms. The van der Waals surface area contributed by atoms with Gasteiger partial charge in [0.2, 0.25) is 5.91 Å². The zero-order valence-electron chi connectivity index (χ0n) is 12.5. The lowest BCUT2D eigenvalue weighted by molar-refractivity contribution is -0.122. The van der Waals surface area contributed by atoms with Crippen LogP contribution >= 0.6 is 0 Å². The van der Waals surface area contributed by atoms with Gasteiger partial charge in [0.05, 0.1) is 11.1 Å². The molecule has 2 aromatic carbocycles. The maximum absolute atomic E-state index is 13.3. The zero-order chi connectivity index (χ0) is 15.6. The number of fused-ring (bicyclic) bond motifs is 1. The number of amides is 1. The first-order valence-electron chi connectivity index (χ1n) is 7.45. The molecule has 0 saturated heterocycles. The van der Waals surface area contributed by atoms with Gasteiger partial charge in [0.25, 0.3) is 0 Å². The fraction of sp³-hybridized carbons (Fsp3) is 0.150. The van der Waals surface area contributed by atoms with Crippen molar-refractivity contribution in [3.63, 3.8) is 0 Å². The van der Waals surface area contributed by atoms with E-state index in [-0.39, 0.29) is 5.91 Å². The Morgan fingerprint density at radius 2 is 1.50 bits per heavy atom. The molecule has 1 aliphatic heterocycles.